The molecule has 2 aliphatic rings. The molecule has 3 heterocycles. The number of benzene rings is 1. The smallest absolute Gasteiger partial charge is 0.244 e. The number of likely N-dealkylation sites (tertiary alicyclic amines) is 1. The Hall–Kier alpha value is -2.14. The van der Waals surface area contributed by atoms with Crippen LogP contribution in [0.1, 0.15) is 36.7 Å². The summed E-state index contributed by atoms with van der Waals surface area (Å²) in [5.41, 5.74) is 1.09. The highest BCUT2D eigenvalue weighted by Crippen LogP contribution is 2.28. The number of aromatic nitrogens is 2. The van der Waals surface area contributed by atoms with Gasteiger partial charge in [0.05, 0.1) is 6.54 Å². The zero-order valence-corrected chi connectivity index (χ0v) is 14.0. The first-order valence-corrected chi connectivity index (χ1v) is 8.91. The maximum absolute atomic E-state index is 13.3. The molecule has 0 spiro atoms. The molecule has 0 radical (unpaired) electrons. The summed E-state index contributed by atoms with van der Waals surface area (Å²) < 4.78 is 2.18. The predicted octanol–water partition coefficient (Wildman–Crippen LogP) is 2.45. The van der Waals surface area contributed by atoms with Gasteiger partial charge in [-0.1, -0.05) is 30.3 Å². The van der Waals surface area contributed by atoms with Crippen LogP contribution >= 0.6 is 0 Å². The second-order valence-corrected chi connectivity index (χ2v) is 6.71. The zero-order chi connectivity index (χ0) is 16.4. The molecule has 1 aromatic carbocycles. The number of hydrogen-bond donors (Lipinski definition) is 0. The van der Waals surface area contributed by atoms with Crippen molar-refractivity contribution in [1.82, 2.24) is 19.4 Å². The summed E-state index contributed by atoms with van der Waals surface area (Å²) in [5.74, 6) is 1.30. The van der Waals surface area contributed by atoms with Crippen molar-refractivity contribution in [2.24, 2.45) is 0 Å². The molecule has 0 aliphatic carbocycles. The molecule has 24 heavy (non-hydrogen) atoms. The molecule has 1 amide bonds. The van der Waals surface area contributed by atoms with Gasteiger partial charge in [0.1, 0.15) is 11.9 Å². The minimum Gasteiger partial charge on any atom is -0.341 e. The molecule has 0 N–H and O–H groups in total. The van der Waals surface area contributed by atoms with E-state index in [2.05, 4.69) is 31.5 Å². The fourth-order valence-electron chi connectivity index (χ4n) is 3.84. The minimum atomic E-state index is -0.199. The Morgan fingerprint density at radius 2 is 1.79 bits per heavy atom. The van der Waals surface area contributed by atoms with Gasteiger partial charge in [0, 0.05) is 38.6 Å². The first kappa shape index (κ1) is 15.4. The summed E-state index contributed by atoms with van der Waals surface area (Å²) in [7, 11) is 0. The number of amides is 1. The number of nitrogens with zero attached hydrogens (tertiary/aromatic N) is 4. The van der Waals surface area contributed by atoms with Crippen LogP contribution in [0.15, 0.2) is 42.7 Å². The number of hydrogen-bond acceptors (Lipinski definition) is 3. The topological polar surface area (TPSA) is 41.4 Å². The molecule has 0 bridgehead atoms. The lowest BCUT2D eigenvalue weighted by Crippen LogP contribution is -2.47. The van der Waals surface area contributed by atoms with E-state index >= 15 is 0 Å². The Balaban J connectivity index is 1.62. The molecule has 2 aromatic rings. The molecule has 1 aromatic heterocycles. The minimum absolute atomic E-state index is 0.199. The fraction of sp³-hybridized carbons (Fsp3) is 0.474. The molecule has 4 rings (SSSR count). The van der Waals surface area contributed by atoms with Gasteiger partial charge in [0.15, 0.2) is 0 Å². The third-order valence-corrected chi connectivity index (χ3v) is 5.16. The Morgan fingerprint density at radius 3 is 2.58 bits per heavy atom. The molecular weight excluding hydrogens is 300 g/mol. The summed E-state index contributed by atoms with van der Waals surface area (Å²) in [6.07, 6.45) is 7.36. The van der Waals surface area contributed by atoms with E-state index in [1.807, 2.05) is 30.6 Å². The summed E-state index contributed by atoms with van der Waals surface area (Å²) in [6.45, 7) is 4.29. The Labute approximate surface area is 142 Å². The molecule has 126 valence electrons. The van der Waals surface area contributed by atoms with Crippen LogP contribution in [-0.4, -0.2) is 44.9 Å². The van der Waals surface area contributed by atoms with Gasteiger partial charge in [-0.15, -0.1) is 0 Å². The van der Waals surface area contributed by atoms with Gasteiger partial charge < -0.3 is 9.47 Å². The molecule has 0 saturated carbocycles. The van der Waals surface area contributed by atoms with Gasteiger partial charge >= 0.3 is 0 Å². The molecule has 1 fully saturated rings. The maximum atomic E-state index is 13.3. The maximum Gasteiger partial charge on any atom is 0.244 e. The zero-order valence-electron chi connectivity index (χ0n) is 14.0. The molecule has 5 nitrogen and oxygen atoms in total. The van der Waals surface area contributed by atoms with Crippen LogP contribution in [0.4, 0.5) is 0 Å². The summed E-state index contributed by atoms with van der Waals surface area (Å²) >= 11 is 0. The summed E-state index contributed by atoms with van der Waals surface area (Å²) in [4.78, 5) is 22.1. The Kier molecular flexibility index (Phi) is 4.34. The van der Waals surface area contributed by atoms with Gasteiger partial charge in [-0.25, -0.2) is 4.98 Å². The van der Waals surface area contributed by atoms with Gasteiger partial charge in [-0.2, -0.15) is 0 Å². The van der Waals surface area contributed by atoms with Crippen LogP contribution < -0.4 is 0 Å². The lowest BCUT2D eigenvalue weighted by Gasteiger charge is -2.38. The number of carbonyl (C=O) groups is 1. The molecule has 5 heteroatoms. The average molecular weight is 324 g/mol. The van der Waals surface area contributed by atoms with Crippen LogP contribution in [0.5, 0.6) is 0 Å². The lowest BCUT2D eigenvalue weighted by molar-refractivity contribution is -0.139. The second kappa shape index (κ2) is 6.77. The van der Waals surface area contributed by atoms with Crippen LogP contribution in [0, 0.1) is 0 Å². The largest absolute Gasteiger partial charge is 0.341 e. The molecule has 2 aliphatic heterocycles. The molecule has 1 unspecified atom stereocenters. The lowest BCUT2D eigenvalue weighted by atomic mass is 10.0. The SMILES string of the molecule is O=C(C(c1ccccc1)N1CCn2ccnc2C1)N1CCCCC1. The van der Waals surface area contributed by atoms with Crippen molar-refractivity contribution in [2.75, 3.05) is 19.6 Å². The number of piperidine rings is 1. The van der Waals surface area contributed by atoms with Crippen molar-refractivity contribution < 1.29 is 4.79 Å². The third-order valence-electron chi connectivity index (χ3n) is 5.16. The highest BCUT2D eigenvalue weighted by atomic mass is 16.2. The van der Waals surface area contributed by atoms with E-state index in [1.165, 1.54) is 6.42 Å². The number of rotatable bonds is 3. The van der Waals surface area contributed by atoms with Crippen molar-refractivity contribution in [3.63, 3.8) is 0 Å². The standard InChI is InChI=1S/C19H24N4O/c24-19(22-10-5-2-6-11-22)18(16-7-3-1-4-8-16)23-14-13-21-12-9-20-17(21)15-23/h1,3-4,7-9,12,18H,2,5-6,10-11,13-15H2. The van der Waals surface area contributed by atoms with Crippen molar-refractivity contribution in [1.29, 1.82) is 0 Å². The van der Waals surface area contributed by atoms with E-state index in [0.717, 1.165) is 57.0 Å². The van der Waals surface area contributed by atoms with Gasteiger partial charge in [0.2, 0.25) is 5.91 Å². The first-order valence-electron chi connectivity index (χ1n) is 8.91. The molecule has 1 atom stereocenters. The van der Waals surface area contributed by atoms with Crippen LogP contribution in [0.3, 0.4) is 0 Å². The van der Waals surface area contributed by atoms with Crippen molar-refractivity contribution in [2.45, 2.75) is 38.4 Å². The van der Waals surface area contributed by atoms with E-state index in [9.17, 15) is 4.79 Å². The van der Waals surface area contributed by atoms with Gasteiger partial charge in [-0.05, 0) is 24.8 Å². The van der Waals surface area contributed by atoms with E-state index in [1.54, 1.807) is 0 Å². The normalized spacial score (nSPS) is 19.8. The summed E-state index contributed by atoms with van der Waals surface area (Å²) in [6, 6.07) is 10.0. The van der Waals surface area contributed by atoms with E-state index in [0.29, 0.717) is 0 Å². The highest BCUT2D eigenvalue weighted by molar-refractivity contribution is 5.83. The summed E-state index contributed by atoms with van der Waals surface area (Å²) in [5, 5.41) is 0. The number of carbonyl (C=O) groups excluding carboxylic acids is 1. The number of fused-ring (bicyclic) bond motifs is 1. The molecule has 1 saturated heterocycles. The van der Waals surface area contributed by atoms with Crippen LogP contribution in [0.25, 0.3) is 0 Å². The van der Waals surface area contributed by atoms with Crippen LogP contribution in [-0.2, 0) is 17.9 Å². The van der Waals surface area contributed by atoms with E-state index in [4.69, 9.17) is 0 Å². The first-order chi connectivity index (χ1) is 11.8. The fourth-order valence-corrected chi connectivity index (χ4v) is 3.84. The van der Waals surface area contributed by atoms with Crippen molar-refractivity contribution >= 4 is 5.91 Å². The average Bonchev–Trinajstić information content (AvgIpc) is 3.11. The van der Waals surface area contributed by atoms with E-state index in [-0.39, 0.29) is 11.9 Å². The number of imidazole rings is 1. The second-order valence-electron chi connectivity index (χ2n) is 6.71. The third kappa shape index (κ3) is 2.96. The van der Waals surface area contributed by atoms with E-state index < -0.39 is 0 Å². The van der Waals surface area contributed by atoms with Crippen LogP contribution in [0.2, 0.25) is 0 Å². The highest BCUT2D eigenvalue weighted by Gasteiger charge is 2.33. The van der Waals surface area contributed by atoms with Crippen molar-refractivity contribution in [3.05, 3.63) is 54.1 Å². The van der Waals surface area contributed by atoms with Crippen molar-refractivity contribution in [3.8, 4) is 0 Å². The Bertz CT molecular complexity index is 690. The quantitative estimate of drug-likeness (QED) is 0.871. The van der Waals surface area contributed by atoms with Gasteiger partial charge in [0.25, 0.3) is 0 Å². The predicted molar refractivity (Wildman–Crippen MR) is 92.3 cm³/mol. The molecular formula is C19H24N4O. The monoisotopic (exact) mass is 324 g/mol. The van der Waals surface area contributed by atoms with Gasteiger partial charge in [-0.3, -0.25) is 9.69 Å². The Morgan fingerprint density at radius 1 is 1.00 bits per heavy atom.